The summed E-state index contributed by atoms with van der Waals surface area (Å²) >= 11 is 0. The van der Waals surface area contributed by atoms with E-state index in [0.717, 1.165) is 25.2 Å². The number of aromatic nitrogens is 3. The van der Waals surface area contributed by atoms with Gasteiger partial charge < -0.3 is 10.1 Å². The third-order valence-corrected chi connectivity index (χ3v) is 5.08. The van der Waals surface area contributed by atoms with Gasteiger partial charge in [0.2, 0.25) is 5.91 Å². The number of rotatable bonds is 5. The Kier molecular flexibility index (Phi) is 4.50. The average molecular weight is 341 g/mol. The minimum Gasteiger partial charge on any atom is -0.376 e. The van der Waals surface area contributed by atoms with Crippen LogP contribution in [0.2, 0.25) is 0 Å². The van der Waals surface area contributed by atoms with E-state index in [2.05, 4.69) is 20.3 Å². The average Bonchev–Trinajstić information content (AvgIpc) is 3.30. The van der Waals surface area contributed by atoms with Crippen molar-refractivity contribution in [3.63, 3.8) is 0 Å². The predicted molar refractivity (Wildman–Crippen MR) is 91.3 cm³/mol. The lowest BCUT2D eigenvalue weighted by molar-refractivity contribution is -0.126. The summed E-state index contributed by atoms with van der Waals surface area (Å²) in [6, 6.07) is 3.84. The molecule has 3 atom stereocenters. The van der Waals surface area contributed by atoms with Gasteiger partial charge in [-0.15, -0.1) is 0 Å². The van der Waals surface area contributed by atoms with Crippen LogP contribution in [0.3, 0.4) is 0 Å². The Labute approximate surface area is 147 Å². The zero-order chi connectivity index (χ0) is 17.2. The summed E-state index contributed by atoms with van der Waals surface area (Å²) < 4.78 is 7.72. The summed E-state index contributed by atoms with van der Waals surface area (Å²) in [7, 11) is 1.92. The molecule has 0 saturated carbocycles. The van der Waals surface area contributed by atoms with Crippen molar-refractivity contribution in [3.8, 4) is 0 Å². The second kappa shape index (κ2) is 6.93. The monoisotopic (exact) mass is 341 g/mol. The standard InChI is InChI=1S/C18H23N5O2/c1-22-8-14(7-21-22)9-23-10-15-16(12-25-17(15)11-23)18(24)20-6-13-3-2-4-19-5-13/h2-5,7-8,15-17H,6,9-12H2,1H3,(H,20,24)/t15-,16+,17-/m1/s1. The molecule has 2 aliphatic heterocycles. The van der Waals surface area contributed by atoms with Gasteiger partial charge >= 0.3 is 0 Å². The number of aryl methyl sites for hydroxylation is 1. The third kappa shape index (κ3) is 3.57. The van der Waals surface area contributed by atoms with Crippen LogP contribution >= 0.6 is 0 Å². The number of amides is 1. The fourth-order valence-electron chi connectivity index (χ4n) is 3.83. The number of hydrogen-bond donors (Lipinski definition) is 1. The maximum Gasteiger partial charge on any atom is 0.226 e. The van der Waals surface area contributed by atoms with E-state index in [0.29, 0.717) is 13.2 Å². The number of ether oxygens (including phenoxy) is 1. The molecule has 4 rings (SSSR count). The Bertz CT molecular complexity index is 732. The molecule has 0 spiro atoms. The van der Waals surface area contributed by atoms with Crippen molar-refractivity contribution in [3.05, 3.63) is 48.0 Å². The molecule has 7 heteroatoms. The molecule has 1 N–H and O–H groups in total. The van der Waals surface area contributed by atoms with Gasteiger partial charge in [0.1, 0.15) is 0 Å². The Balaban J connectivity index is 1.32. The highest BCUT2D eigenvalue weighted by Gasteiger charge is 2.46. The normalized spacial score (nSPS) is 25.9. The fraction of sp³-hybridized carbons (Fsp3) is 0.500. The lowest BCUT2D eigenvalue weighted by Crippen LogP contribution is -2.36. The van der Waals surface area contributed by atoms with Gasteiger partial charge in [0, 0.05) is 63.3 Å². The predicted octanol–water partition coefficient (Wildman–Crippen LogP) is 0.578. The first kappa shape index (κ1) is 16.2. The number of carbonyl (C=O) groups excluding carboxylic acids is 1. The zero-order valence-electron chi connectivity index (χ0n) is 14.3. The van der Waals surface area contributed by atoms with E-state index in [1.807, 2.05) is 36.3 Å². The van der Waals surface area contributed by atoms with Crippen LogP contribution < -0.4 is 5.32 Å². The number of nitrogens with one attached hydrogen (secondary N) is 1. The van der Waals surface area contributed by atoms with Gasteiger partial charge in [-0.1, -0.05) is 6.07 Å². The summed E-state index contributed by atoms with van der Waals surface area (Å²) in [5.74, 6) is 0.283. The highest BCUT2D eigenvalue weighted by Crippen LogP contribution is 2.34. The van der Waals surface area contributed by atoms with Crippen molar-refractivity contribution >= 4 is 5.91 Å². The van der Waals surface area contributed by atoms with Gasteiger partial charge in [0.25, 0.3) is 0 Å². The molecule has 2 aliphatic rings. The van der Waals surface area contributed by atoms with Gasteiger partial charge in [0.05, 0.1) is 24.8 Å². The fourth-order valence-corrected chi connectivity index (χ4v) is 3.83. The number of fused-ring (bicyclic) bond motifs is 1. The Morgan fingerprint density at radius 1 is 1.36 bits per heavy atom. The summed E-state index contributed by atoms with van der Waals surface area (Å²) in [5.41, 5.74) is 2.20. The van der Waals surface area contributed by atoms with Crippen molar-refractivity contribution < 1.29 is 9.53 Å². The minimum absolute atomic E-state index is 0.0689. The largest absolute Gasteiger partial charge is 0.376 e. The van der Waals surface area contributed by atoms with Crippen LogP contribution in [-0.4, -0.2) is 51.4 Å². The molecule has 2 fully saturated rings. The molecule has 132 valence electrons. The van der Waals surface area contributed by atoms with Crippen LogP contribution in [0.1, 0.15) is 11.1 Å². The quantitative estimate of drug-likeness (QED) is 0.861. The summed E-state index contributed by atoms with van der Waals surface area (Å²) in [6.45, 7) is 3.67. The number of likely N-dealkylation sites (tertiary alicyclic amines) is 1. The summed E-state index contributed by atoms with van der Waals surface area (Å²) in [6.07, 6.45) is 7.60. The molecule has 7 nitrogen and oxygen atoms in total. The van der Waals surface area contributed by atoms with Crippen LogP contribution in [0, 0.1) is 11.8 Å². The maximum atomic E-state index is 12.6. The van der Waals surface area contributed by atoms with E-state index < -0.39 is 0 Å². The molecule has 25 heavy (non-hydrogen) atoms. The molecule has 0 aliphatic carbocycles. The smallest absolute Gasteiger partial charge is 0.226 e. The van der Waals surface area contributed by atoms with Gasteiger partial charge in [-0.05, 0) is 11.6 Å². The lowest BCUT2D eigenvalue weighted by Gasteiger charge is -2.18. The molecule has 0 radical (unpaired) electrons. The van der Waals surface area contributed by atoms with Gasteiger partial charge in [-0.3, -0.25) is 19.4 Å². The summed E-state index contributed by atoms with van der Waals surface area (Å²) in [5, 5.41) is 7.25. The molecule has 1 amide bonds. The van der Waals surface area contributed by atoms with Gasteiger partial charge in [0.15, 0.2) is 0 Å². The zero-order valence-corrected chi connectivity index (χ0v) is 14.3. The van der Waals surface area contributed by atoms with E-state index >= 15 is 0 Å². The Morgan fingerprint density at radius 3 is 3.04 bits per heavy atom. The highest BCUT2D eigenvalue weighted by molar-refractivity contribution is 5.79. The highest BCUT2D eigenvalue weighted by atomic mass is 16.5. The molecule has 0 aromatic carbocycles. The van der Waals surface area contributed by atoms with E-state index in [4.69, 9.17) is 4.74 Å². The molecular formula is C18H23N5O2. The molecular weight excluding hydrogens is 318 g/mol. The number of pyridine rings is 1. The molecule has 2 saturated heterocycles. The molecule has 0 unspecified atom stereocenters. The van der Waals surface area contributed by atoms with E-state index in [-0.39, 0.29) is 23.8 Å². The lowest BCUT2D eigenvalue weighted by atomic mass is 9.92. The van der Waals surface area contributed by atoms with Crippen LogP contribution in [0.25, 0.3) is 0 Å². The molecule has 4 heterocycles. The first-order chi connectivity index (χ1) is 12.2. The molecule has 2 aromatic heterocycles. The van der Waals surface area contributed by atoms with Crippen molar-refractivity contribution in [2.24, 2.45) is 18.9 Å². The van der Waals surface area contributed by atoms with E-state index in [1.54, 1.807) is 12.4 Å². The van der Waals surface area contributed by atoms with Crippen LogP contribution in [-0.2, 0) is 29.7 Å². The van der Waals surface area contributed by atoms with Crippen molar-refractivity contribution in [2.45, 2.75) is 19.2 Å². The van der Waals surface area contributed by atoms with Crippen LogP contribution in [0.15, 0.2) is 36.9 Å². The van der Waals surface area contributed by atoms with Crippen molar-refractivity contribution in [2.75, 3.05) is 19.7 Å². The number of nitrogens with zero attached hydrogens (tertiary/aromatic N) is 4. The Hall–Kier alpha value is -2.25. The van der Waals surface area contributed by atoms with Gasteiger partial charge in [-0.2, -0.15) is 5.10 Å². The third-order valence-electron chi connectivity index (χ3n) is 5.08. The van der Waals surface area contributed by atoms with E-state index in [9.17, 15) is 4.79 Å². The number of carbonyl (C=O) groups is 1. The topological polar surface area (TPSA) is 72.3 Å². The van der Waals surface area contributed by atoms with E-state index in [1.165, 1.54) is 5.56 Å². The van der Waals surface area contributed by atoms with Crippen molar-refractivity contribution in [1.29, 1.82) is 0 Å². The molecule has 0 bridgehead atoms. The minimum atomic E-state index is -0.0689. The number of hydrogen-bond acceptors (Lipinski definition) is 5. The Morgan fingerprint density at radius 2 is 2.28 bits per heavy atom. The SMILES string of the molecule is Cn1cc(CN2C[C@@H]3[C@@H](C(=O)NCc4cccnc4)CO[C@@H]3C2)cn1. The van der Waals surface area contributed by atoms with Gasteiger partial charge in [-0.25, -0.2) is 0 Å². The first-order valence-corrected chi connectivity index (χ1v) is 8.67. The summed E-state index contributed by atoms with van der Waals surface area (Å²) in [4.78, 5) is 19.0. The van der Waals surface area contributed by atoms with Crippen LogP contribution in [0.5, 0.6) is 0 Å². The first-order valence-electron chi connectivity index (χ1n) is 8.67. The second-order valence-corrected chi connectivity index (χ2v) is 6.94. The second-order valence-electron chi connectivity index (χ2n) is 6.94. The molecule has 2 aromatic rings. The van der Waals surface area contributed by atoms with Crippen LogP contribution in [0.4, 0.5) is 0 Å². The maximum absolute atomic E-state index is 12.6. The van der Waals surface area contributed by atoms with Crippen molar-refractivity contribution in [1.82, 2.24) is 25.0 Å².